The summed E-state index contributed by atoms with van der Waals surface area (Å²) in [6.45, 7) is 1.45. The fraction of sp³-hybridized carbons (Fsp3) is 0.318. The van der Waals surface area contributed by atoms with Gasteiger partial charge in [0.1, 0.15) is 11.6 Å². The normalized spacial score (nSPS) is 16.6. The Kier molecular flexibility index (Phi) is 5.84. The van der Waals surface area contributed by atoms with Gasteiger partial charge in [0.2, 0.25) is 11.8 Å². The lowest BCUT2D eigenvalue weighted by Crippen LogP contribution is -2.40. The molecule has 2 heterocycles. The van der Waals surface area contributed by atoms with Crippen LogP contribution in [0.25, 0.3) is 0 Å². The lowest BCUT2D eigenvalue weighted by atomic mass is 9.97. The summed E-state index contributed by atoms with van der Waals surface area (Å²) >= 11 is 0. The number of hydrogen-bond donors (Lipinski definition) is 0. The van der Waals surface area contributed by atoms with Crippen LogP contribution in [0.4, 0.5) is 4.39 Å². The number of halogens is 1. The molecule has 1 amide bonds. The maximum absolute atomic E-state index is 13.0. The Morgan fingerprint density at radius 2 is 1.93 bits per heavy atom. The van der Waals surface area contributed by atoms with E-state index in [4.69, 9.17) is 9.15 Å². The Labute approximate surface area is 168 Å². The number of hydrogen-bond acceptors (Lipinski definition) is 5. The smallest absolute Gasteiger partial charge is 0.253 e. The van der Waals surface area contributed by atoms with Gasteiger partial charge in [-0.25, -0.2) is 4.39 Å². The first-order chi connectivity index (χ1) is 14.2. The largest absolute Gasteiger partial charge is 0.484 e. The highest BCUT2D eigenvalue weighted by atomic mass is 19.1. The van der Waals surface area contributed by atoms with Crippen LogP contribution < -0.4 is 4.74 Å². The Balaban J connectivity index is 1.34. The number of ether oxygens (including phenoxy) is 1. The van der Waals surface area contributed by atoms with E-state index in [1.54, 1.807) is 12.1 Å². The average Bonchev–Trinajstić information content (AvgIpc) is 3.24. The molecule has 2 aromatic carbocycles. The molecule has 0 saturated carbocycles. The number of carbonyl (C=O) groups is 1. The summed E-state index contributed by atoms with van der Waals surface area (Å²) in [5.74, 6) is 1.42. The van der Waals surface area contributed by atoms with Crippen LogP contribution in [0.5, 0.6) is 5.75 Å². The number of amides is 1. The number of aromatic nitrogens is 2. The molecule has 1 saturated heterocycles. The number of carbonyl (C=O) groups excluding carboxylic acids is 1. The topological polar surface area (TPSA) is 68.5 Å². The van der Waals surface area contributed by atoms with E-state index in [1.807, 2.05) is 35.2 Å². The van der Waals surface area contributed by atoms with Crippen LogP contribution in [0.2, 0.25) is 0 Å². The monoisotopic (exact) mass is 395 g/mol. The standard InChI is InChI=1S/C22H22FN3O3/c23-18-10-8-16(9-11-18)13-21(27)26-12-4-5-17(14-26)22-25-24-20(29-22)15-28-19-6-2-1-3-7-19/h1-3,6-11,17H,4-5,12-15H2. The SMILES string of the molecule is O=C(Cc1ccc(F)cc1)N1CCCC(c2nnc(COc3ccccc3)o2)C1. The molecule has 29 heavy (non-hydrogen) atoms. The highest BCUT2D eigenvalue weighted by Crippen LogP contribution is 2.26. The Morgan fingerprint density at radius 3 is 2.72 bits per heavy atom. The van der Waals surface area contributed by atoms with Crippen LogP contribution in [-0.4, -0.2) is 34.1 Å². The van der Waals surface area contributed by atoms with Gasteiger partial charge < -0.3 is 14.1 Å². The molecule has 0 N–H and O–H groups in total. The van der Waals surface area contributed by atoms with Gasteiger partial charge in [0.25, 0.3) is 5.89 Å². The van der Waals surface area contributed by atoms with Crippen LogP contribution in [-0.2, 0) is 17.8 Å². The molecule has 7 heteroatoms. The second-order valence-corrected chi connectivity index (χ2v) is 7.12. The Hall–Kier alpha value is -3.22. The van der Waals surface area contributed by atoms with Crippen LogP contribution in [0, 0.1) is 5.82 Å². The maximum Gasteiger partial charge on any atom is 0.253 e. The summed E-state index contributed by atoms with van der Waals surface area (Å²) in [6.07, 6.45) is 2.02. The zero-order valence-electron chi connectivity index (χ0n) is 16.0. The number of likely N-dealkylation sites (tertiary alicyclic amines) is 1. The van der Waals surface area contributed by atoms with Gasteiger partial charge in [-0.15, -0.1) is 10.2 Å². The summed E-state index contributed by atoms with van der Waals surface area (Å²) in [5.41, 5.74) is 0.802. The van der Waals surface area contributed by atoms with Gasteiger partial charge in [-0.05, 0) is 42.7 Å². The second kappa shape index (κ2) is 8.86. The summed E-state index contributed by atoms with van der Waals surface area (Å²) in [4.78, 5) is 14.5. The summed E-state index contributed by atoms with van der Waals surface area (Å²) in [5, 5.41) is 8.24. The molecule has 1 unspecified atom stereocenters. The first-order valence-electron chi connectivity index (χ1n) is 9.70. The quantitative estimate of drug-likeness (QED) is 0.636. The minimum Gasteiger partial charge on any atom is -0.484 e. The predicted octanol–water partition coefficient (Wildman–Crippen LogP) is 3.74. The van der Waals surface area contributed by atoms with E-state index in [2.05, 4.69) is 10.2 Å². The molecule has 3 aromatic rings. The predicted molar refractivity (Wildman–Crippen MR) is 104 cm³/mol. The van der Waals surface area contributed by atoms with E-state index in [0.717, 1.165) is 24.2 Å². The maximum atomic E-state index is 13.0. The van der Waals surface area contributed by atoms with Crippen LogP contribution in [0.1, 0.15) is 36.1 Å². The second-order valence-electron chi connectivity index (χ2n) is 7.12. The first-order valence-corrected chi connectivity index (χ1v) is 9.70. The van der Waals surface area contributed by atoms with Crippen LogP contribution >= 0.6 is 0 Å². The van der Waals surface area contributed by atoms with Crippen molar-refractivity contribution in [3.05, 3.63) is 77.8 Å². The van der Waals surface area contributed by atoms with Crippen molar-refractivity contribution in [3.63, 3.8) is 0 Å². The van der Waals surface area contributed by atoms with Crippen molar-refractivity contribution in [2.45, 2.75) is 31.8 Å². The highest BCUT2D eigenvalue weighted by Gasteiger charge is 2.28. The van der Waals surface area contributed by atoms with Gasteiger partial charge in [-0.1, -0.05) is 30.3 Å². The highest BCUT2D eigenvalue weighted by molar-refractivity contribution is 5.78. The molecule has 1 atom stereocenters. The number of benzene rings is 2. The van der Waals surface area contributed by atoms with Crippen LogP contribution in [0.15, 0.2) is 59.0 Å². The fourth-order valence-corrected chi connectivity index (χ4v) is 3.45. The summed E-state index contributed by atoms with van der Waals surface area (Å²) in [7, 11) is 0. The molecule has 1 aliphatic heterocycles. The zero-order valence-corrected chi connectivity index (χ0v) is 16.0. The van der Waals surface area contributed by atoms with Gasteiger partial charge in [0.05, 0.1) is 12.3 Å². The molecule has 0 spiro atoms. The Bertz CT molecular complexity index is 943. The molecular weight excluding hydrogens is 373 g/mol. The minimum absolute atomic E-state index is 0.0129. The van der Waals surface area contributed by atoms with Crippen molar-refractivity contribution >= 4 is 5.91 Å². The van der Waals surface area contributed by atoms with E-state index in [-0.39, 0.29) is 30.7 Å². The molecule has 150 valence electrons. The molecule has 6 nitrogen and oxygen atoms in total. The molecule has 1 aromatic heterocycles. The molecule has 0 radical (unpaired) electrons. The van der Waals surface area contributed by atoms with Gasteiger partial charge in [0, 0.05) is 13.1 Å². The van der Waals surface area contributed by atoms with Gasteiger partial charge in [0.15, 0.2) is 6.61 Å². The number of piperidine rings is 1. The first kappa shape index (κ1) is 19.1. The van der Waals surface area contributed by atoms with E-state index in [0.29, 0.717) is 24.9 Å². The number of nitrogens with zero attached hydrogens (tertiary/aromatic N) is 3. The van der Waals surface area contributed by atoms with E-state index < -0.39 is 0 Å². The minimum atomic E-state index is -0.303. The van der Waals surface area contributed by atoms with Gasteiger partial charge >= 0.3 is 0 Å². The lowest BCUT2D eigenvalue weighted by Gasteiger charge is -2.31. The molecule has 1 fully saturated rings. The van der Waals surface area contributed by atoms with E-state index in [1.165, 1.54) is 12.1 Å². The summed E-state index contributed by atoms with van der Waals surface area (Å²) in [6, 6.07) is 15.5. The number of para-hydroxylation sites is 1. The van der Waals surface area contributed by atoms with Crippen molar-refractivity contribution < 1.29 is 18.3 Å². The molecule has 1 aliphatic rings. The fourth-order valence-electron chi connectivity index (χ4n) is 3.45. The van der Waals surface area contributed by atoms with Crippen molar-refractivity contribution in [3.8, 4) is 5.75 Å². The third-order valence-electron chi connectivity index (χ3n) is 4.98. The molecule has 4 rings (SSSR count). The van der Waals surface area contributed by atoms with Gasteiger partial charge in [-0.3, -0.25) is 4.79 Å². The van der Waals surface area contributed by atoms with Crippen molar-refractivity contribution in [2.24, 2.45) is 0 Å². The lowest BCUT2D eigenvalue weighted by molar-refractivity contribution is -0.131. The molecular formula is C22H22FN3O3. The third-order valence-corrected chi connectivity index (χ3v) is 4.98. The third kappa shape index (κ3) is 4.99. The van der Waals surface area contributed by atoms with E-state index >= 15 is 0 Å². The van der Waals surface area contributed by atoms with Gasteiger partial charge in [-0.2, -0.15) is 0 Å². The van der Waals surface area contributed by atoms with Crippen LogP contribution in [0.3, 0.4) is 0 Å². The van der Waals surface area contributed by atoms with E-state index in [9.17, 15) is 9.18 Å². The average molecular weight is 395 g/mol. The molecule has 0 aliphatic carbocycles. The van der Waals surface area contributed by atoms with Crippen molar-refractivity contribution in [2.75, 3.05) is 13.1 Å². The Morgan fingerprint density at radius 1 is 1.14 bits per heavy atom. The van der Waals surface area contributed by atoms with Crippen molar-refractivity contribution in [1.82, 2.24) is 15.1 Å². The van der Waals surface area contributed by atoms with Crippen molar-refractivity contribution in [1.29, 1.82) is 0 Å². The summed E-state index contributed by atoms with van der Waals surface area (Å²) < 4.78 is 24.5. The number of rotatable bonds is 6. The molecule has 0 bridgehead atoms. The zero-order chi connectivity index (χ0) is 20.1.